The Hall–Kier alpha value is -4.47. The van der Waals surface area contributed by atoms with Crippen LogP contribution >= 0.6 is 15.9 Å². The van der Waals surface area contributed by atoms with Crippen LogP contribution in [0.4, 0.5) is 18.9 Å². The highest BCUT2D eigenvalue weighted by atomic mass is 79.9. The van der Waals surface area contributed by atoms with Crippen LogP contribution in [0.3, 0.4) is 0 Å². The summed E-state index contributed by atoms with van der Waals surface area (Å²) in [4.78, 5) is 39.8. The van der Waals surface area contributed by atoms with Crippen molar-refractivity contribution in [2.24, 2.45) is 5.92 Å². The number of piperidine rings is 1. The number of likely N-dealkylation sites (tertiary alicyclic amines) is 1. The van der Waals surface area contributed by atoms with E-state index in [1.807, 2.05) is 0 Å². The largest absolute Gasteiger partial charge is 0.573 e. The molecule has 4 aromatic rings. The first-order chi connectivity index (χ1) is 20.4. The van der Waals surface area contributed by atoms with Crippen molar-refractivity contribution in [2.45, 2.75) is 39.3 Å². The maximum Gasteiger partial charge on any atom is 0.573 e. The lowest BCUT2D eigenvalue weighted by molar-refractivity contribution is -0.274. The highest BCUT2D eigenvalue weighted by molar-refractivity contribution is 9.10. The Balaban J connectivity index is 1.22. The molecule has 0 aliphatic carbocycles. The Kier molecular flexibility index (Phi) is 8.39. The van der Waals surface area contributed by atoms with Gasteiger partial charge >= 0.3 is 12.3 Å². The summed E-state index contributed by atoms with van der Waals surface area (Å²) in [7, 11) is 0. The molecule has 12 nitrogen and oxygen atoms in total. The summed E-state index contributed by atoms with van der Waals surface area (Å²) in [5, 5.41) is 15.5. The van der Waals surface area contributed by atoms with E-state index in [0.29, 0.717) is 36.9 Å². The van der Waals surface area contributed by atoms with Crippen LogP contribution in [-0.2, 0) is 14.3 Å². The van der Waals surface area contributed by atoms with Crippen molar-refractivity contribution in [3.8, 4) is 17.3 Å². The first-order valence-corrected chi connectivity index (χ1v) is 13.8. The predicted octanol–water partition coefficient (Wildman–Crippen LogP) is 5.32. The average Bonchev–Trinajstić information content (AvgIpc) is 3.61. The zero-order chi connectivity index (χ0) is 30.9. The number of rotatable bonds is 7. The van der Waals surface area contributed by atoms with Crippen molar-refractivity contribution < 1.29 is 41.4 Å². The highest BCUT2D eigenvalue weighted by Crippen LogP contribution is 2.33. The molecule has 2 aromatic heterocycles. The van der Waals surface area contributed by atoms with Gasteiger partial charge in [-0.05, 0) is 77.3 Å². The normalized spacial score (nSPS) is 14.9. The van der Waals surface area contributed by atoms with Gasteiger partial charge in [0.2, 0.25) is 18.0 Å². The number of aromatic nitrogens is 4. The number of halogens is 4. The quantitative estimate of drug-likeness (QED) is 0.260. The number of hydrogen-bond donors (Lipinski definition) is 1. The summed E-state index contributed by atoms with van der Waals surface area (Å²) in [6.45, 7) is 4.09. The van der Waals surface area contributed by atoms with Gasteiger partial charge in [-0.25, -0.2) is 0 Å². The van der Waals surface area contributed by atoms with Crippen molar-refractivity contribution in [1.82, 2.24) is 25.1 Å². The Labute approximate surface area is 250 Å². The molecule has 0 bridgehead atoms. The second-order valence-corrected chi connectivity index (χ2v) is 10.6. The van der Waals surface area contributed by atoms with E-state index < -0.39 is 30.2 Å². The van der Waals surface area contributed by atoms with E-state index in [2.05, 4.69) is 41.4 Å². The third kappa shape index (κ3) is 7.13. The lowest BCUT2D eigenvalue weighted by atomic mass is 9.97. The molecule has 1 fully saturated rings. The first kappa shape index (κ1) is 30.0. The van der Waals surface area contributed by atoms with Crippen LogP contribution in [-0.4, -0.2) is 62.3 Å². The molecule has 226 valence electrons. The number of carbonyl (C=O) groups excluding carboxylic acids is 3. The van der Waals surface area contributed by atoms with Crippen LogP contribution in [0.15, 0.2) is 51.4 Å². The van der Waals surface area contributed by atoms with Crippen molar-refractivity contribution in [3.63, 3.8) is 0 Å². The molecule has 0 spiro atoms. The van der Waals surface area contributed by atoms with E-state index >= 15 is 0 Å². The number of nitrogens with one attached hydrogen (secondary N) is 1. The van der Waals surface area contributed by atoms with Gasteiger partial charge in [-0.15, -0.1) is 28.2 Å². The summed E-state index contributed by atoms with van der Waals surface area (Å²) < 4.78 is 52.8. The molecule has 2 amide bonds. The van der Waals surface area contributed by atoms with E-state index in [0.717, 1.165) is 10.9 Å². The Morgan fingerprint density at radius 3 is 2.53 bits per heavy atom. The number of anilines is 1. The van der Waals surface area contributed by atoms with Crippen LogP contribution in [0.1, 0.15) is 43.3 Å². The number of nitrogens with zero attached hydrogens (tertiary/aromatic N) is 5. The summed E-state index contributed by atoms with van der Waals surface area (Å²) >= 11 is 3.00. The van der Waals surface area contributed by atoms with Crippen molar-refractivity contribution in [1.29, 1.82) is 0 Å². The maximum atomic E-state index is 12.8. The average molecular weight is 665 g/mol. The van der Waals surface area contributed by atoms with Crippen molar-refractivity contribution >= 4 is 50.4 Å². The van der Waals surface area contributed by atoms with E-state index in [1.54, 1.807) is 30.0 Å². The zero-order valence-electron chi connectivity index (χ0n) is 22.7. The molecule has 1 aliphatic heterocycles. The van der Waals surface area contributed by atoms with Crippen LogP contribution in [0, 0.1) is 5.92 Å². The number of benzene rings is 2. The molecule has 2 aromatic carbocycles. The highest BCUT2D eigenvalue weighted by Gasteiger charge is 2.32. The molecule has 1 N–H and O–H groups in total. The van der Waals surface area contributed by atoms with Gasteiger partial charge in [0.15, 0.2) is 5.76 Å². The van der Waals surface area contributed by atoms with Gasteiger partial charge < -0.3 is 24.1 Å². The minimum atomic E-state index is -4.85. The molecular formula is C27H24BrF3N6O6. The van der Waals surface area contributed by atoms with E-state index in [9.17, 15) is 27.6 Å². The second kappa shape index (κ2) is 12.0. The molecule has 1 unspecified atom stereocenters. The molecule has 16 heteroatoms. The smallest absolute Gasteiger partial charge is 0.453 e. The van der Waals surface area contributed by atoms with Crippen LogP contribution < -0.4 is 10.1 Å². The van der Waals surface area contributed by atoms with Gasteiger partial charge in [0, 0.05) is 36.7 Å². The minimum Gasteiger partial charge on any atom is -0.453 e. The monoisotopic (exact) mass is 664 g/mol. The van der Waals surface area contributed by atoms with Crippen LogP contribution in [0.25, 0.3) is 22.6 Å². The van der Waals surface area contributed by atoms with Gasteiger partial charge in [0.1, 0.15) is 11.3 Å². The van der Waals surface area contributed by atoms with E-state index in [4.69, 9.17) is 9.15 Å². The fourth-order valence-corrected chi connectivity index (χ4v) is 4.95. The van der Waals surface area contributed by atoms with E-state index in [-0.39, 0.29) is 39.1 Å². The van der Waals surface area contributed by atoms with Gasteiger partial charge in [0.05, 0.1) is 10.4 Å². The number of ether oxygens (including phenoxy) is 2. The fraction of sp³-hybridized carbons (Fsp3) is 0.333. The third-order valence-corrected chi connectivity index (χ3v) is 7.35. The molecule has 43 heavy (non-hydrogen) atoms. The lowest BCUT2D eigenvalue weighted by Crippen LogP contribution is -2.39. The number of esters is 1. The molecule has 0 saturated carbocycles. The number of alkyl halides is 3. The number of furan rings is 1. The SMILES string of the molecule is CC(=O)N1CCC(C(=O)OC(C)n2nnc(-c3cc4ccc(C(=O)Nc5ccc(OC(F)(F)F)c(Br)c5)cc4o3)n2)CC1. The van der Waals surface area contributed by atoms with Crippen molar-refractivity contribution in [2.75, 3.05) is 18.4 Å². The number of carbonyl (C=O) groups is 3. The maximum absolute atomic E-state index is 12.8. The Bertz CT molecular complexity index is 1680. The molecule has 3 heterocycles. The summed E-state index contributed by atoms with van der Waals surface area (Å²) in [6.07, 6.45) is -4.66. The Morgan fingerprint density at radius 2 is 1.86 bits per heavy atom. The Morgan fingerprint density at radius 1 is 1.12 bits per heavy atom. The first-order valence-electron chi connectivity index (χ1n) is 13.0. The summed E-state index contributed by atoms with van der Waals surface area (Å²) in [6, 6.07) is 10.0. The molecular weight excluding hydrogens is 641 g/mol. The molecule has 0 radical (unpaired) electrons. The molecule has 1 atom stereocenters. The van der Waals surface area contributed by atoms with Gasteiger partial charge in [-0.3, -0.25) is 14.4 Å². The second-order valence-electron chi connectivity index (χ2n) is 9.76. The topological polar surface area (TPSA) is 142 Å². The van der Waals surface area contributed by atoms with Gasteiger partial charge in [0.25, 0.3) is 5.91 Å². The molecule has 5 rings (SSSR count). The lowest BCUT2D eigenvalue weighted by Gasteiger charge is -2.30. The zero-order valence-corrected chi connectivity index (χ0v) is 24.3. The van der Waals surface area contributed by atoms with Gasteiger partial charge in [-0.1, -0.05) is 6.07 Å². The van der Waals surface area contributed by atoms with Crippen LogP contribution in [0.2, 0.25) is 0 Å². The van der Waals surface area contributed by atoms with Crippen molar-refractivity contribution in [3.05, 3.63) is 52.5 Å². The fourth-order valence-electron chi connectivity index (χ4n) is 4.49. The van der Waals surface area contributed by atoms with Gasteiger partial charge in [-0.2, -0.15) is 0 Å². The number of hydrogen-bond acceptors (Lipinski definition) is 9. The number of fused-ring (bicyclic) bond motifs is 1. The number of amides is 2. The molecule has 1 aliphatic rings. The molecule has 1 saturated heterocycles. The predicted molar refractivity (Wildman–Crippen MR) is 148 cm³/mol. The minimum absolute atomic E-state index is 0.00776. The summed E-state index contributed by atoms with van der Waals surface area (Å²) in [5.41, 5.74) is 0.820. The number of tetrazole rings is 1. The standard InChI is InChI=1S/C27H24BrF3N6O6/c1-14(38)36-9-7-16(8-10-36)26(40)41-15(2)37-34-24(33-35-37)23-11-17-3-4-18(12-22(17)42-23)25(39)32-19-5-6-21(20(28)13-19)43-27(29,30)31/h3-6,11-13,15-16H,7-10H2,1-2H3,(H,32,39). The summed E-state index contributed by atoms with van der Waals surface area (Å²) in [5.74, 6) is -1.33. The van der Waals surface area contributed by atoms with Crippen LogP contribution in [0.5, 0.6) is 5.75 Å². The third-order valence-electron chi connectivity index (χ3n) is 6.73. The van der Waals surface area contributed by atoms with E-state index in [1.165, 1.54) is 25.1 Å².